The quantitative estimate of drug-likeness (QED) is 0.442. The highest BCUT2D eigenvalue weighted by Gasteiger charge is 2.28. The third-order valence-electron chi connectivity index (χ3n) is 6.26. The van der Waals surface area contributed by atoms with Crippen LogP contribution in [0.25, 0.3) is 0 Å². The number of rotatable bonds is 9. The van der Waals surface area contributed by atoms with Crippen molar-refractivity contribution in [1.82, 2.24) is 14.5 Å². The summed E-state index contributed by atoms with van der Waals surface area (Å²) in [4.78, 5) is 19.2. The number of hydrogen-bond acceptors (Lipinski definition) is 5. The van der Waals surface area contributed by atoms with Gasteiger partial charge < -0.3 is 14.2 Å². The summed E-state index contributed by atoms with van der Waals surface area (Å²) in [5, 5.41) is -0.0632. The van der Waals surface area contributed by atoms with E-state index in [1.807, 2.05) is 32.0 Å². The van der Waals surface area contributed by atoms with E-state index >= 15 is 0 Å². The van der Waals surface area contributed by atoms with Gasteiger partial charge in [0.25, 0.3) is 5.91 Å². The van der Waals surface area contributed by atoms with E-state index in [0.29, 0.717) is 36.5 Å². The number of halogens is 1. The Bertz CT molecular complexity index is 1280. The maximum absolute atomic E-state index is 13.4. The summed E-state index contributed by atoms with van der Waals surface area (Å²) in [7, 11) is -3.83. The maximum atomic E-state index is 13.4. The van der Waals surface area contributed by atoms with Crippen molar-refractivity contribution >= 4 is 15.7 Å². The number of aryl methyl sites for hydroxylation is 1. The fourth-order valence-electron chi connectivity index (χ4n) is 4.32. The van der Waals surface area contributed by atoms with E-state index < -0.39 is 15.7 Å². The third kappa shape index (κ3) is 5.79. The minimum Gasteiger partial charge on any atom is -0.376 e. The molecule has 0 spiro atoms. The number of amides is 1. The average molecular weight is 500 g/mol. The van der Waals surface area contributed by atoms with Crippen LogP contribution in [0.3, 0.4) is 0 Å². The van der Waals surface area contributed by atoms with Crippen molar-refractivity contribution in [3.63, 3.8) is 0 Å². The lowest BCUT2D eigenvalue weighted by Crippen LogP contribution is -2.32. The van der Waals surface area contributed by atoms with Crippen LogP contribution in [-0.4, -0.2) is 48.0 Å². The second kappa shape index (κ2) is 10.7. The van der Waals surface area contributed by atoms with Crippen molar-refractivity contribution in [3.05, 3.63) is 82.9 Å². The van der Waals surface area contributed by atoms with Crippen LogP contribution in [0.4, 0.5) is 4.39 Å². The number of hydrogen-bond donors (Lipinski definition) is 0. The molecule has 7 nitrogen and oxygen atoms in total. The highest BCUT2D eigenvalue weighted by atomic mass is 32.2. The summed E-state index contributed by atoms with van der Waals surface area (Å²) in [5.41, 5.74) is 2.60. The van der Waals surface area contributed by atoms with Crippen LogP contribution in [0.1, 0.15) is 46.9 Å². The number of sulfone groups is 1. The molecule has 9 heteroatoms. The molecule has 3 aromatic rings. The number of nitrogens with zero attached hydrogens (tertiary/aromatic N) is 3. The van der Waals surface area contributed by atoms with Crippen molar-refractivity contribution in [1.29, 1.82) is 0 Å². The molecule has 2 heterocycles. The van der Waals surface area contributed by atoms with Gasteiger partial charge in [-0.3, -0.25) is 4.79 Å². The van der Waals surface area contributed by atoms with E-state index in [2.05, 4.69) is 4.98 Å². The van der Waals surface area contributed by atoms with Crippen LogP contribution in [0, 0.1) is 12.7 Å². The average Bonchev–Trinajstić information content (AvgIpc) is 3.49. The molecule has 0 aliphatic carbocycles. The zero-order valence-corrected chi connectivity index (χ0v) is 20.8. The molecule has 1 unspecified atom stereocenters. The van der Waals surface area contributed by atoms with Crippen molar-refractivity contribution in [2.45, 2.75) is 56.8 Å². The van der Waals surface area contributed by atoms with Gasteiger partial charge in [0.1, 0.15) is 5.82 Å². The molecule has 0 N–H and O–H groups in total. The molecule has 35 heavy (non-hydrogen) atoms. The summed E-state index contributed by atoms with van der Waals surface area (Å²) >= 11 is 0. The van der Waals surface area contributed by atoms with Gasteiger partial charge in [0.15, 0.2) is 0 Å². The van der Waals surface area contributed by atoms with Gasteiger partial charge in [0.05, 0.1) is 36.8 Å². The number of ether oxygens (including phenoxy) is 1. The second-order valence-electron chi connectivity index (χ2n) is 8.80. The summed E-state index contributed by atoms with van der Waals surface area (Å²) in [6.45, 7) is 5.43. The van der Waals surface area contributed by atoms with Gasteiger partial charge in [-0.05, 0) is 56.0 Å². The molecule has 1 aliphatic rings. The van der Waals surface area contributed by atoms with Crippen molar-refractivity contribution in [2.75, 3.05) is 13.2 Å². The summed E-state index contributed by atoms with van der Waals surface area (Å²) < 4.78 is 47.4. The van der Waals surface area contributed by atoms with Gasteiger partial charge in [-0.1, -0.05) is 30.3 Å². The monoisotopic (exact) mass is 499 g/mol. The summed E-state index contributed by atoms with van der Waals surface area (Å²) in [6.07, 6.45) is 3.15. The highest BCUT2D eigenvalue weighted by Crippen LogP contribution is 2.23. The molecule has 1 atom stereocenters. The second-order valence-corrected chi connectivity index (χ2v) is 10.7. The Labute approximate surface area is 205 Å². The zero-order valence-electron chi connectivity index (χ0n) is 20.0. The first-order valence-electron chi connectivity index (χ1n) is 11.8. The smallest absolute Gasteiger partial charge is 0.254 e. The fourth-order valence-corrected chi connectivity index (χ4v) is 5.83. The van der Waals surface area contributed by atoms with Crippen LogP contribution < -0.4 is 0 Å². The van der Waals surface area contributed by atoms with E-state index in [4.69, 9.17) is 4.74 Å². The molecule has 186 valence electrons. The molecule has 4 rings (SSSR count). The van der Waals surface area contributed by atoms with E-state index in [0.717, 1.165) is 18.4 Å². The summed E-state index contributed by atoms with van der Waals surface area (Å²) in [6, 6.07) is 12.8. The topological polar surface area (TPSA) is 81.5 Å². The molecule has 1 fully saturated rings. The standard InChI is InChI=1S/C26H30FN3O4S/c1-3-29(25(31)24-9-5-4-7-19(24)2)16-22-15-28-26(30(22)17-23-8-6-14-34-23)35(32,33)18-20-10-12-21(27)13-11-20/h4-5,7,9-13,15,23H,3,6,8,14,16-18H2,1-2H3. The molecule has 1 saturated heterocycles. The molecule has 1 aliphatic heterocycles. The number of benzene rings is 2. The fraction of sp³-hybridized carbons (Fsp3) is 0.385. The summed E-state index contributed by atoms with van der Waals surface area (Å²) in [5.74, 6) is -0.841. The number of carbonyl (C=O) groups is 1. The first-order valence-corrected chi connectivity index (χ1v) is 13.4. The van der Waals surface area contributed by atoms with Gasteiger partial charge in [-0.2, -0.15) is 0 Å². The van der Waals surface area contributed by atoms with Crippen LogP contribution in [-0.2, 0) is 33.4 Å². The first kappa shape index (κ1) is 25.1. The van der Waals surface area contributed by atoms with Crippen LogP contribution in [0.2, 0.25) is 0 Å². The molecule has 0 radical (unpaired) electrons. The number of imidazole rings is 1. The molecule has 1 aromatic heterocycles. The first-order chi connectivity index (χ1) is 16.8. The van der Waals surface area contributed by atoms with E-state index in [-0.39, 0.29) is 29.5 Å². The highest BCUT2D eigenvalue weighted by molar-refractivity contribution is 7.90. The van der Waals surface area contributed by atoms with Crippen LogP contribution in [0.15, 0.2) is 59.9 Å². The van der Waals surface area contributed by atoms with Crippen molar-refractivity contribution in [2.24, 2.45) is 0 Å². The largest absolute Gasteiger partial charge is 0.376 e. The molecular formula is C26H30FN3O4S. The van der Waals surface area contributed by atoms with Gasteiger partial charge >= 0.3 is 0 Å². The van der Waals surface area contributed by atoms with E-state index in [9.17, 15) is 17.6 Å². The Morgan fingerprint density at radius 3 is 2.60 bits per heavy atom. The van der Waals surface area contributed by atoms with Gasteiger partial charge in [-0.15, -0.1) is 0 Å². The normalized spacial score (nSPS) is 15.9. The van der Waals surface area contributed by atoms with E-state index in [1.165, 1.54) is 30.5 Å². The van der Waals surface area contributed by atoms with Crippen LogP contribution in [0.5, 0.6) is 0 Å². The Morgan fingerprint density at radius 1 is 1.20 bits per heavy atom. The molecular weight excluding hydrogens is 469 g/mol. The third-order valence-corrected chi connectivity index (χ3v) is 7.85. The minimum atomic E-state index is -3.83. The minimum absolute atomic E-state index is 0.0632. The molecule has 2 aromatic carbocycles. The van der Waals surface area contributed by atoms with Gasteiger partial charge in [-0.25, -0.2) is 17.8 Å². The SMILES string of the molecule is CCN(Cc1cnc(S(=O)(=O)Cc2ccc(F)cc2)n1CC1CCCO1)C(=O)c1ccccc1C. The Hall–Kier alpha value is -3.04. The predicted octanol–water partition coefficient (Wildman–Crippen LogP) is 4.15. The lowest BCUT2D eigenvalue weighted by molar-refractivity contribution is 0.0740. The van der Waals surface area contributed by atoms with Gasteiger partial charge in [0.2, 0.25) is 15.0 Å². The Balaban J connectivity index is 1.65. The maximum Gasteiger partial charge on any atom is 0.254 e. The molecule has 1 amide bonds. The van der Waals surface area contributed by atoms with Gasteiger partial charge in [0, 0.05) is 18.7 Å². The molecule has 0 saturated carbocycles. The number of aromatic nitrogens is 2. The van der Waals surface area contributed by atoms with E-state index in [1.54, 1.807) is 15.5 Å². The predicted molar refractivity (Wildman–Crippen MR) is 130 cm³/mol. The Kier molecular flexibility index (Phi) is 7.66. The van der Waals surface area contributed by atoms with Crippen LogP contribution >= 0.6 is 0 Å². The zero-order chi connectivity index (χ0) is 25.0. The molecule has 0 bridgehead atoms. The van der Waals surface area contributed by atoms with Crippen molar-refractivity contribution in [3.8, 4) is 0 Å². The van der Waals surface area contributed by atoms with Crippen molar-refractivity contribution < 1.29 is 22.3 Å². The Morgan fingerprint density at radius 2 is 1.94 bits per heavy atom. The lowest BCUT2D eigenvalue weighted by Gasteiger charge is -2.23. The lowest BCUT2D eigenvalue weighted by atomic mass is 10.1. The number of carbonyl (C=O) groups excluding carboxylic acids is 1.